The molecule has 2 N–H and O–H groups in total. The molecule has 1 aliphatic carbocycles. The van der Waals surface area contributed by atoms with Crippen LogP contribution in [0.4, 0.5) is 10.5 Å². The van der Waals surface area contributed by atoms with E-state index in [4.69, 9.17) is 0 Å². The molecule has 1 aromatic carbocycles. The smallest absolute Gasteiger partial charge is 0.321 e. The minimum absolute atomic E-state index is 0.0891. The lowest BCUT2D eigenvalue weighted by atomic mass is 9.67. The maximum absolute atomic E-state index is 12.3. The van der Waals surface area contributed by atoms with Crippen molar-refractivity contribution < 1.29 is 9.59 Å². The average Bonchev–Trinajstić information content (AvgIpc) is 2.43. The molecule has 0 heterocycles. The van der Waals surface area contributed by atoms with E-state index in [2.05, 4.69) is 24.5 Å². The Balaban J connectivity index is 2.03. The maximum Gasteiger partial charge on any atom is 0.321 e. The summed E-state index contributed by atoms with van der Waals surface area (Å²) in [6.07, 6.45) is 2.16. The Labute approximate surface area is 125 Å². The van der Waals surface area contributed by atoms with Gasteiger partial charge in [0.05, 0.1) is 0 Å². The first-order valence-electron chi connectivity index (χ1n) is 7.19. The highest BCUT2D eigenvalue weighted by Gasteiger charge is 2.39. The van der Waals surface area contributed by atoms with E-state index in [1.807, 2.05) is 0 Å². The van der Waals surface area contributed by atoms with Crippen LogP contribution in [0.25, 0.3) is 0 Å². The van der Waals surface area contributed by atoms with Gasteiger partial charge in [-0.3, -0.25) is 4.79 Å². The lowest BCUT2D eigenvalue weighted by Gasteiger charge is -2.44. The van der Waals surface area contributed by atoms with Crippen molar-refractivity contribution in [2.75, 3.05) is 19.4 Å². The van der Waals surface area contributed by atoms with Crippen molar-refractivity contribution in [3.8, 4) is 0 Å². The van der Waals surface area contributed by atoms with Gasteiger partial charge in [0.1, 0.15) is 0 Å². The molecule has 1 fully saturated rings. The number of nitrogens with zero attached hydrogens (tertiary/aromatic N) is 1. The summed E-state index contributed by atoms with van der Waals surface area (Å²) in [4.78, 5) is 25.3. The predicted octanol–water partition coefficient (Wildman–Crippen LogP) is 2.70. The minimum atomic E-state index is -0.215. The molecule has 5 nitrogen and oxygen atoms in total. The predicted molar refractivity (Wildman–Crippen MR) is 83.4 cm³/mol. The van der Waals surface area contributed by atoms with Crippen LogP contribution in [0.1, 0.15) is 37.0 Å². The van der Waals surface area contributed by atoms with Gasteiger partial charge in [-0.15, -0.1) is 0 Å². The monoisotopic (exact) mass is 289 g/mol. The van der Waals surface area contributed by atoms with Crippen molar-refractivity contribution in [2.45, 2.75) is 32.7 Å². The summed E-state index contributed by atoms with van der Waals surface area (Å²) >= 11 is 0. The Morgan fingerprint density at radius 1 is 1.29 bits per heavy atom. The van der Waals surface area contributed by atoms with Gasteiger partial charge in [0.15, 0.2) is 0 Å². The molecule has 1 aromatic rings. The van der Waals surface area contributed by atoms with Crippen molar-refractivity contribution in [2.24, 2.45) is 5.41 Å². The Morgan fingerprint density at radius 3 is 2.52 bits per heavy atom. The third kappa shape index (κ3) is 3.54. The van der Waals surface area contributed by atoms with E-state index in [1.54, 1.807) is 38.4 Å². The normalized spacial score (nSPS) is 19.3. The Kier molecular flexibility index (Phi) is 4.21. The molecule has 0 saturated heterocycles. The molecule has 1 unspecified atom stereocenters. The lowest BCUT2D eigenvalue weighted by Crippen LogP contribution is -2.52. The van der Waals surface area contributed by atoms with E-state index < -0.39 is 0 Å². The van der Waals surface area contributed by atoms with Crippen molar-refractivity contribution in [1.29, 1.82) is 0 Å². The summed E-state index contributed by atoms with van der Waals surface area (Å²) in [5.74, 6) is -0.0891. The Bertz CT molecular complexity index is 552. The second-order valence-corrected chi connectivity index (χ2v) is 6.46. The van der Waals surface area contributed by atoms with E-state index in [0.29, 0.717) is 11.3 Å². The molecule has 5 heteroatoms. The molecule has 0 aliphatic heterocycles. The fraction of sp³-hybridized carbons (Fsp3) is 0.500. The molecule has 1 atom stereocenters. The van der Waals surface area contributed by atoms with Gasteiger partial charge in [-0.25, -0.2) is 4.79 Å². The van der Waals surface area contributed by atoms with Crippen molar-refractivity contribution in [3.05, 3.63) is 29.8 Å². The number of benzene rings is 1. The molecule has 1 saturated carbocycles. The Morgan fingerprint density at radius 2 is 2.00 bits per heavy atom. The van der Waals surface area contributed by atoms with Gasteiger partial charge >= 0.3 is 6.03 Å². The first-order valence-corrected chi connectivity index (χ1v) is 7.19. The Hall–Kier alpha value is -2.04. The number of urea groups is 1. The fourth-order valence-corrected chi connectivity index (χ4v) is 2.35. The van der Waals surface area contributed by atoms with Gasteiger partial charge in [0, 0.05) is 31.4 Å². The highest BCUT2D eigenvalue weighted by Crippen LogP contribution is 2.40. The summed E-state index contributed by atoms with van der Waals surface area (Å²) in [5.41, 5.74) is 1.36. The van der Waals surface area contributed by atoms with Crippen LogP contribution in [0.15, 0.2) is 24.3 Å². The molecule has 0 radical (unpaired) electrons. The molecular formula is C16H23N3O2. The summed E-state index contributed by atoms with van der Waals surface area (Å²) in [6, 6.07) is 7.00. The van der Waals surface area contributed by atoms with Crippen LogP contribution < -0.4 is 10.6 Å². The number of hydrogen-bond acceptors (Lipinski definition) is 2. The van der Waals surface area contributed by atoms with Crippen LogP contribution in [0.5, 0.6) is 0 Å². The second-order valence-electron chi connectivity index (χ2n) is 6.46. The molecule has 1 aliphatic rings. The maximum atomic E-state index is 12.3. The third-order valence-corrected chi connectivity index (χ3v) is 4.11. The van der Waals surface area contributed by atoms with Crippen molar-refractivity contribution >= 4 is 17.6 Å². The zero-order valence-electron chi connectivity index (χ0n) is 13.1. The molecule has 0 spiro atoms. The van der Waals surface area contributed by atoms with E-state index >= 15 is 0 Å². The molecule has 21 heavy (non-hydrogen) atoms. The summed E-state index contributed by atoms with van der Waals surface area (Å²) in [5, 5.41) is 5.81. The SMILES string of the molecule is CN(C)C(=O)Nc1cccc(C(=O)NC2CCC2(C)C)c1. The average molecular weight is 289 g/mol. The molecule has 0 aromatic heterocycles. The number of hydrogen-bond donors (Lipinski definition) is 2. The van der Waals surface area contributed by atoms with E-state index in [0.717, 1.165) is 12.8 Å². The number of anilines is 1. The molecule has 3 amide bonds. The number of amides is 3. The third-order valence-electron chi connectivity index (χ3n) is 4.11. The number of nitrogens with one attached hydrogen (secondary N) is 2. The zero-order chi connectivity index (χ0) is 15.6. The van der Waals surface area contributed by atoms with Gasteiger partial charge < -0.3 is 15.5 Å². The van der Waals surface area contributed by atoms with Crippen LogP contribution in [0, 0.1) is 5.41 Å². The van der Waals surface area contributed by atoms with E-state index in [9.17, 15) is 9.59 Å². The first-order chi connectivity index (χ1) is 9.79. The number of carbonyl (C=O) groups excluding carboxylic acids is 2. The summed E-state index contributed by atoms with van der Waals surface area (Å²) < 4.78 is 0. The minimum Gasteiger partial charge on any atom is -0.349 e. The van der Waals surface area contributed by atoms with Crippen LogP contribution in [-0.2, 0) is 0 Å². The molecular weight excluding hydrogens is 266 g/mol. The summed E-state index contributed by atoms with van der Waals surface area (Å²) in [7, 11) is 3.34. The van der Waals surface area contributed by atoms with Crippen molar-refractivity contribution in [3.63, 3.8) is 0 Å². The fourth-order valence-electron chi connectivity index (χ4n) is 2.35. The lowest BCUT2D eigenvalue weighted by molar-refractivity contribution is 0.0732. The zero-order valence-corrected chi connectivity index (χ0v) is 13.1. The largest absolute Gasteiger partial charge is 0.349 e. The number of carbonyl (C=O) groups is 2. The topological polar surface area (TPSA) is 61.4 Å². The highest BCUT2D eigenvalue weighted by molar-refractivity contribution is 5.97. The van der Waals surface area contributed by atoms with Crippen molar-refractivity contribution in [1.82, 2.24) is 10.2 Å². The highest BCUT2D eigenvalue weighted by atomic mass is 16.2. The molecule has 114 valence electrons. The second kappa shape index (κ2) is 5.76. The molecule has 0 bridgehead atoms. The van der Waals surface area contributed by atoms with Crippen LogP contribution in [-0.4, -0.2) is 37.0 Å². The van der Waals surface area contributed by atoms with Gasteiger partial charge in [-0.1, -0.05) is 19.9 Å². The van der Waals surface area contributed by atoms with E-state index in [1.165, 1.54) is 4.90 Å². The number of rotatable bonds is 3. The molecule has 2 rings (SSSR count). The van der Waals surface area contributed by atoms with E-state index in [-0.39, 0.29) is 23.4 Å². The van der Waals surface area contributed by atoms with Crippen LogP contribution in [0.3, 0.4) is 0 Å². The van der Waals surface area contributed by atoms with Gasteiger partial charge in [0.25, 0.3) is 5.91 Å². The van der Waals surface area contributed by atoms with Gasteiger partial charge in [0.2, 0.25) is 0 Å². The van der Waals surface area contributed by atoms with Crippen LogP contribution in [0.2, 0.25) is 0 Å². The quantitative estimate of drug-likeness (QED) is 0.898. The van der Waals surface area contributed by atoms with Crippen LogP contribution >= 0.6 is 0 Å². The van der Waals surface area contributed by atoms with Gasteiger partial charge in [-0.05, 0) is 36.5 Å². The van der Waals surface area contributed by atoms with Gasteiger partial charge in [-0.2, -0.15) is 0 Å². The standard InChI is InChI=1S/C16H23N3O2/c1-16(2)9-8-13(16)18-14(20)11-6-5-7-12(10-11)17-15(21)19(3)4/h5-7,10,13H,8-9H2,1-4H3,(H,17,21)(H,18,20). The first kappa shape index (κ1) is 15.4. The summed E-state index contributed by atoms with van der Waals surface area (Å²) in [6.45, 7) is 4.32.